The molecule has 176 valence electrons. The molecule has 4 N–H and O–H groups in total. The molecule has 34 heavy (non-hydrogen) atoms. The number of nitrogens with zero attached hydrogens (tertiary/aromatic N) is 6. The van der Waals surface area contributed by atoms with Crippen molar-refractivity contribution in [2.75, 3.05) is 20.2 Å². The number of hydrogen-bond donors (Lipinski definition) is 3. The molecular weight excluding hydrogens is 458 g/mol. The van der Waals surface area contributed by atoms with Crippen molar-refractivity contribution in [2.45, 2.75) is 19.4 Å². The highest BCUT2D eigenvalue weighted by Crippen LogP contribution is 2.34. The van der Waals surface area contributed by atoms with Gasteiger partial charge in [0.25, 0.3) is 0 Å². The molecule has 1 aromatic heterocycles. The van der Waals surface area contributed by atoms with Crippen LogP contribution in [0.15, 0.2) is 52.7 Å². The Morgan fingerprint density at radius 2 is 2.06 bits per heavy atom. The number of nitrogens with two attached hydrogens (primary N) is 1. The molecule has 0 unspecified atom stereocenters. The second-order valence-corrected chi connectivity index (χ2v) is 8.07. The highest BCUT2D eigenvalue weighted by atomic mass is 35.5. The maximum atomic E-state index is 12.9. The predicted molar refractivity (Wildman–Crippen MR) is 126 cm³/mol. The molecule has 11 nitrogen and oxygen atoms in total. The average Bonchev–Trinajstić information content (AvgIpc) is 3.16. The Hall–Kier alpha value is -3.83. The molecule has 4 rings (SSSR count). The fourth-order valence-corrected chi connectivity index (χ4v) is 3.94. The van der Waals surface area contributed by atoms with E-state index in [2.05, 4.69) is 20.8 Å². The summed E-state index contributed by atoms with van der Waals surface area (Å²) in [4.78, 5) is 17.9. The summed E-state index contributed by atoms with van der Waals surface area (Å²) in [6.07, 6.45) is -0.0190. The summed E-state index contributed by atoms with van der Waals surface area (Å²) in [7, 11) is 1.60. The van der Waals surface area contributed by atoms with Gasteiger partial charge in [-0.15, -0.1) is 10.2 Å². The standard InChI is InChI=1S/C22H24ClN9O2/c1-13-28-29-22-18(12-20(33)31(25)10-9-26-30-24)27-21(14-3-5-15(23)6-4-14)17-11-16(34-2)7-8-19(17)32(13)22/h3-8,11,18H,9-10,12,25H2,1-2H3,(H2,24,26)/t18-/m0/s1. The van der Waals surface area contributed by atoms with Gasteiger partial charge in [-0.3, -0.25) is 24.8 Å². The number of nitrogens with one attached hydrogen (secondary N) is 2. The Morgan fingerprint density at radius 3 is 2.76 bits per heavy atom. The first-order valence-corrected chi connectivity index (χ1v) is 10.9. The number of aromatic nitrogens is 3. The number of methoxy groups -OCH3 is 1. The molecule has 1 amide bonds. The number of hydrazine groups is 1. The van der Waals surface area contributed by atoms with Crippen molar-refractivity contribution in [1.82, 2.24) is 25.2 Å². The zero-order chi connectivity index (χ0) is 24.2. The third-order valence-electron chi connectivity index (χ3n) is 5.48. The molecule has 12 heteroatoms. The van der Waals surface area contributed by atoms with Crippen molar-refractivity contribution >= 4 is 23.2 Å². The quantitative estimate of drug-likeness (QED) is 0.148. The molecule has 1 atom stereocenters. The first kappa shape index (κ1) is 23.3. The van der Waals surface area contributed by atoms with E-state index >= 15 is 0 Å². The molecule has 0 spiro atoms. The van der Waals surface area contributed by atoms with E-state index in [1.165, 1.54) is 0 Å². The van der Waals surface area contributed by atoms with Crippen LogP contribution >= 0.6 is 11.6 Å². The molecule has 0 bridgehead atoms. The van der Waals surface area contributed by atoms with Gasteiger partial charge >= 0.3 is 0 Å². The summed E-state index contributed by atoms with van der Waals surface area (Å²) in [6.45, 7) is 2.29. The lowest BCUT2D eigenvalue weighted by molar-refractivity contribution is -0.131. The first-order valence-electron chi connectivity index (χ1n) is 10.5. The summed E-state index contributed by atoms with van der Waals surface area (Å²) in [5.74, 6) is 7.48. The van der Waals surface area contributed by atoms with Gasteiger partial charge in [0, 0.05) is 16.1 Å². The van der Waals surface area contributed by atoms with Crippen molar-refractivity contribution in [2.24, 2.45) is 16.1 Å². The fraction of sp³-hybridized carbons (Fsp3) is 0.273. The van der Waals surface area contributed by atoms with Crippen LogP contribution in [0.4, 0.5) is 0 Å². The molecule has 0 fully saturated rings. The minimum absolute atomic E-state index is 0.0190. The van der Waals surface area contributed by atoms with Crippen LogP contribution in [0.25, 0.3) is 5.69 Å². The number of aliphatic imine (C=N–C) groups is 1. The Bertz CT molecular complexity index is 1240. The van der Waals surface area contributed by atoms with E-state index in [-0.39, 0.29) is 25.4 Å². The second-order valence-electron chi connectivity index (χ2n) is 7.64. The van der Waals surface area contributed by atoms with Gasteiger partial charge < -0.3 is 4.74 Å². The van der Waals surface area contributed by atoms with Gasteiger partial charge in [-0.25, -0.2) is 5.84 Å². The minimum Gasteiger partial charge on any atom is -0.497 e. The molecule has 1 aliphatic heterocycles. The lowest BCUT2D eigenvalue weighted by atomic mass is 10.00. The zero-order valence-corrected chi connectivity index (χ0v) is 19.5. The van der Waals surface area contributed by atoms with Gasteiger partial charge in [-0.2, -0.15) is 5.53 Å². The number of benzene rings is 2. The molecular formula is C22H24ClN9O2. The van der Waals surface area contributed by atoms with E-state index in [1.54, 1.807) is 19.2 Å². The summed E-state index contributed by atoms with van der Waals surface area (Å²) in [5.41, 5.74) is 12.4. The molecule has 2 aromatic carbocycles. The van der Waals surface area contributed by atoms with Crippen LogP contribution in [0.3, 0.4) is 0 Å². The fourth-order valence-electron chi connectivity index (χ4n) is 3.81. The summed E-state index contributed by atoms with van der Waals surface area (Å²) in [6, 6.07) is 12.4. The van der Waals surface area contributed by atoms with Crippen LogP contribution in [-0.4, -0.2) is 51.6 Å². The maximum Gasteiger partial charge on any atom is 0.239 e. The highest BCUT2D eigenvalue weighted by molar-refractivity contribution is 6.30. The molecule has 0 radical (unpaired) electrons. The minimum atomic E-state index is -0.641. The van der Waals surface area contributed by atoms with Gasteiger partial charge in [0.2, 0.25) is 5.91 Å². The van der Waals surface area contributed by atoms with Crippen molar-refractivity contribution in [3.63, 3.8) is 0 Å². The summed E-state index contributed by atoms with van der Waals surface area (Å²) in [5, 5.41) is 13.4. The van der Waals surface area contributed by atoms with E-state index in [4.69, 9.17) is 32.7 Å². The number of hydrogen-bond acceptors (Lipinski definition) is 8. The number of fused-ring (bicyclic) bond motifs is 3. The van der Waals surface area contributed by atoms with E-state index < -0.39 is 6.04 Å². The Balaban J connectivity index is 1.82. The third kappa shape index (κ3) is 4.61. The lowest BCUT2D eigenvalue weighted by Crippen LogP contribution is -2.41. The van der Waals surface area contributed by atoms with Gasteiger partial charge in [-0.05, 0) is 37.3 Å². The van der Waals surface area contributed by atoms with E-state index in [1.807, 2.05) is 41.8 Å². The number of aryl methyl sites for hydroxylation is 1. The van der Waals surface area contributed by atoms with E-state index in [0.29, 0.717) is 28.1 Å². The number of rotatable bonds is 8. The molecule has 0 saturated heterocycles. The van der Waals surface area contributed by atoms with Crippen molar-refractivity contribution in [3.8, 4) is 11.4 Å². The van der Waals surface area contributed by atoms with Crippen LogP contribution in [0.1, 0.15) is 35.2 Å². The zero-order valence-electron chi connectivity index (χ0n) is 18.7. The third-order valence-corrected chi connectivity index (χ3v) is 5.73. The number of halogens is 1. The Labute approximate surface area is 201 Å². The topological polar surface area (TPSA) is 147 Å². The van der Waals surface area contributed by atoms with Crippen LogP contribution < -0.4 is 16.0 Å². The van der Waals surface area contributed by atoms with Crippen molar-refractivity contribution in [3.05, 3.63) is 70.3 Å². The Morgan fingerprint density at radius 1 is 1.29 bits per heavy atom. The molecule has 3 aromatic rings. The van der Waals surface area contributed by atoms with Crippen LogP contribution in [0.2, 0.25) is 5.02 Å². The van der Waals surface area contributed by atoms with Crippen LogP contribution in [-0.2, 0) is 4.79 Å². The lowest BCUT2D eigenvalue weighted by Gasteiger charge is -2.19. The Kier molecular flexibility index (Phi) is 6.85. The number of carbonyl (C=O) groups excluding carboxylic acids is 1. The average molecular weight is 482 g/mol. The molecule has 0 aliphatic carbocycles. The van der Waals surface area contributed by atoms with Gasteiger partial charge in [0.1, 0.15) is 17.6 Å². The number of amides is 1. The summed E-state index contributed by atoms with van der Waals surface area (Å²) >= 11 is 6.12. The number of carbonyl (C=O) groups is 1. The first-order chi connectivity index (χ1) is 16.4. The van der Waals surface area contributed by atoms with Crippen LogP contribution in [0.5, 0.6) is 5.75 Å². The van der Waals surface area contributed by atoms with Crippen LogP contribution in [0, 0.1) is 12.5 Å². The van der Waals surface area contributed by atoms with Crippen molar-refractivity contribution in [1.29, 1.82) is 5.53 Å². The van der Waals surface area contributed by atoms with Gasteiger partial charge in [0.05, 0.1) is 38.0 Å². The monoisotopic (exact) mass is 481 g/mol. The molecule has 0 saturated carbocycles. The number of ether oxygens (including phenoxy) is 1. The second kappa shape index (κ2) is 9.98. The molecule has 1 aliphatic rings. The van der Waals surface area contributed by atoms with Crippen molar-refractivity contribution < 1.29 is 9.53 Å². The smallest absolute Gasteiger partial charge is 0.239 e. The highest BCUT2D eigenvalue weighted by Gasteiger charge is 2.30. The molecule has 2 heterocycles. The largest absolute Gasteiger partial charge is 0.497 e. The predicted octanol–water partition coefficient (Wildman–Crippen LogP) is 2.76. The van der Waals surface area contributed by atoms with Gasteiger partial charge in [0.15, 0.2) is 5.82 Å². The maximum absolute atomic E-state index is 12.9. The summed E-state index contributed by atoms with van der Waals surface area (Å²) < 4.78 is 7.38. The van der Waals surface area contributed by atoms with Gasteiger partial charge in [-0.1, -0.05) is 29.0 Å². The normalized spacial score (nSPS) is 14.4. The SMILES string of the molecule is COc1ccc2c(c1)C(c1ccc(Cl)cc1)=N[C@@H](CC(=O)N(N)CCNN=N)c1nnc(C)n1-2. The van der Waals surface area contributed by atoms with E-state index in [9.17, 15) is 4.79 Å². The van der Waals surface area contributed by atoms with E-state index in [0.717, 1.165) is 21.8 Å².